The molecule has 144 valence electrons. The van der Waals surface area contributed by atoms with Crippen molar-refractivity contribution in [2.24, 2.45) is 0 Å². The number of rotatable bonds is 10. The number of amides is 1. The van der Waals surface area contributed by atoms with Crippen LogP contribution >= 0.6 is 0 Å². The molecule has 0 aliphatic heterocycles. The molecule has 0 bridgehead atoms. The third kappa shape index (κ3) is 6.89. The molecule has 0 atom stereocenters. The lowest BCUT2D eigenvalue weighted by Gasteiger charge is -2.11. The summed E-state index contributed by atoms with van der Waals surface area (Å²) in [4.78, 5) is 23.6. The van der Waals surface area contributed by atoms with Crippen molar-refractivity contribution in [3.63, 3.8) is 0 Å². The van der Waals surface area contributed by atoms with Crippen LogP contribution < -0.4 is 19.5 Å². The van der Waals surface area contributed by atoms with E-state index >= 15 is 0 Å². The van der Waals surface area contributed by atoms with Crippen molar-refractivity contribution in [1.82, 2.24) is 5.32 Å². The van der Waals surface area contributed by atoms with Crippen molar-refractivity contribution in [1.29, 1.82) is 0 Å². The molecular weight excluding hydrogens is 350 g/mol. The molecule has 0 saturated heterocycles. The molecule has 0 unspecified atom stereocenters. The van der Waals surface area contributed by atoms with Crippen LogP contribution in [0.4, 0.5) is 0 Å². The van der Waals surface area contributed by atoms with E-state index in [9.17, 15) is 9.59 Å². The lowest BCUT2D eigenvalue weighted by Crippen LogP contribution is -2.32. The molecule has 0 spiro atoms. The highest BCUT2D eigenvalue weighted by Gasteiger charge is 2.09. The number of hydrogen-bond acceptors (Lipinski definition) is 6. The number of hydrogen-bond donors (Lipinski definition) is 1. The number of benzene rings is 2. The summed E-state index contributed by atoms with van der Waals surface area (Å²) < 4.78 is 20.8. The van der Waals surface area contributed by atoms with Crippen molar-refractivity contribution in [3.05, 3.63) is 54.1 Å². The van der Waals surface area contributed by atoms with Crippen molar-refractivity contribution < 1.29 is 28.5 Å². The molecule has 0 heterocycles. The van der Waals surface area contributed by atoms with Gasteiger partial charge < -0.3 is 24.3 Å². The van der Waals surface area contributed by atoms with Crippen molar-refractivity contribution in [3.8, 4) is 17.2 Å². The number of carbonyl (C=O) groups is 2. The van der Waals surface area contributed by atoms with Crippen LogP contribution in [0.5, 0.6) is 17.2 Å². The summed E-state index contributed by atoms with van der Waals surface area (Å²) >= 11 is 0. The van der Waals surface area contributed by atoms with Gasteiger partial charge in [0.05, 0.1) is 27.2 Å². The van der Waals surface area contributed by atoms with E-state index in [-0.39, 0.29) is 26.2 Å². The quantitative estimate of drug-likeness (QED) is 0.507. The summed E-state index contributed by atoms with van der Waals surface area (Å²) in [5.74, 6) is 1.00. The van der Waals surface area contributed by atoms with Crippen molar-refractivity contribution >= 4 is 11.9 Å². The highest BCUT2D eigenvalue weighted by Crippen LogP contribution is 2.25. The second-order valence-electron chi connectivity index (χ2n) is 5.54. The van der Waals surface area contributed by atoms with Gasteiger partial charge in [-0.15, -0.1) is 0 Å². The summed E-state index contributed by atoms with van der Waals surface area (Å²) in [6.07, 6.45) is 0.0708. The molecular formula is C20H23NO6. The predicted molar refractivity (Wildman–Crippen MR) is 99.2 cm³/mol. The zero-order valence-electron chi connectivity index (χ0n) is 15.4. The van der Waals surface area contributed by atoms with Crippen LogP contribution in [0.15, 0.2) is 48.5 Å². The van der Waals surface area contributed by atoms with Gasteiger partial charge in [0.1, 0.15) is 12.4 Å². The Labute approximate surface area is 158 Å². The minimum Gasteiger partial charge on any atom is -0.497 e. The van der Waals surface area contributed by atoms with Crippen LogP contribution in [-0.4, -0.2) is 45.9 Å². The average molecular weight is 373 g/mol. The van der Waals surface area contributed by atoms with Gasteiger partial charge in [-0.3, -0.25) is 9.59 Å². The SMILES string of the molecule is COc1cccc(CC(=O)OCC(=O)NCCOc2ccccc2OC)c1. The molecule has 7 heteroatoms. The van der Waals surface area contributed by atoms with Crippen LogP contribution in [0.3, 0.4) is 0 Å². The zero-order valence-corrected chi connectivity index (χ0v) is 15.4. The maximum Gasteiger partial charge on any atom is 0.310 e. The second kappa shape index (κ2) is 10.7. The zero-order chi connectivity index (χ0) is 19.5. The lowest BCUT2D eigenvalue weighted by molar-refractivity contribution is -0.147. The first kappa shape index (κ1) is 20.1. The van der Waals surface area contributed by atoms with E-state index in [2.05, 4.69) is 5.32 Å². The molecule has 0 fully saturated rings. The van der Waals surface area contributed by atoms with Gasteiger partial charge in [0.2, 0.25) is 0 Å². The number of carbonyl (C=O) groups excluding carboxylic acids is 2. The van der Waals surface area contributed by atoms with Gasteiger partial charge in [0.15, 0.2) is 18.1 Å². The van der Waals surface area contributed by atoms with Gasteiger partial charge >= 0.3 is 5.97 Å². The lowest BCUT2D eigenvalue weighted by atomic mass is 10.1. The van der Waals surface area contributed by atoms with Crippen LogP contribution in [0.2, 0.25) is 0 Å². The first-order chi connectivity index (χ1) is 13.1. The highest BCUT2D eigenvalue weighted by atomic mass is 16.5. The number of methoxy groups -OCH3 is 2. The second-order valence-corrected chi connectivity index (χ2v) is 5.54. The maximum atomic E-state index is 11.8. The van der Waals surface area contributed by atoms with E-state index in [1.807, 2.05) is 12.1 Å². The standard InChI is InChI=1S/C20H23NO6/c1-24-16-7-5-6-15(12-16)13-20(23)27-14-19(22)21-10-11-26-18-9-4-3-8-17(18)25-2/h3-9,12H,10-11,13-14H2,1-2H3,(H,21,22). The summed E-state index contributed by atoms with van der Waals surface area (Å²) in [5.41, 5.74) is 0.755. The topological polar surface area (TPSA) is 83.1 Å². The first-order valence-corrected chi connectivity index (χ1v) is 8.43. The molecule has 2 rings (SSSR count). The summed E-state index contributed by atoms with van der Waals surface area (Å²) in [5, 5.41) is 2.63. The maximum absolute atomic E-state index is 11.8. The average Bonchev–Trinajstić information content (AvgIpc) is 2.70. The Hall–Kier alpha value is -3.22. The molecule has 27 heavy (non-hydrogen) atoms. The van der Waals surface area contributed by atoms with E-state index in [0.717, 1.165) is 5.56 Å². The smallest absolute Gasteiger partial charge is 0.310 e. The Morgan fingerprint density at radius 2 is 1.74 bits per heavy atom. The normalized spacial score (nSPS) is 10.0. The van der Waals surface area contributed by atoms with E-state index in [0.29, 0.717) is 17.2 Å². The molecule has 1 amide bonds. The predicted octanol–water partition coefficient (Wildman–Crippen LogP) is 1.98. The van der Waals surface area contributed by atoms with Gasteiger partial charge in [-0.1, -0.05) is 24.3 Å². The minimum atomic E-state index is -0.483. The Morgan fingerprint density at radius 1 is 0.963 bits per heavy atom. The fourth-order valence-electron chi connectivity index (χ4n) is 2.29. The number of nitrogens with one attached hydrogen (secondary N) is 1. The molecule has 0 aliphatic rings. The van der Waals surface area contributed by atoms with Crippen LogP contribution in [0.1, 0.15) is 5.56 Å². The number of ether oxygens (including phenoxy) is 4. The third-order valence-corrected chi connectivity index (χ3v) is 3.60. The van der Waals surface area contributed by atoms with E-state index in [1.54, 1.807) is 50.6 Å². The molecule has 0 aromatic heterocycles. The van der Waals surface area contributed by atoms with Gasteiger partial charge in [0, 0.05) is 0 Å². The largest absolute Gasteiger partial charge is 0.497 e. The molecule has 0 aliphatic carbocycles. The Bertz CT molecular complexity index is 762. The molecule has 1 N–H and O–H groups in total. The van der Waals surface area contributed by atoms with Gasteiger partial charge in [-0.05, 0) is 29.8 Å². The molecule has 0 saturated carbocycles. The number of para-hydroxylation sites is 2. The Morgan fingerprint density at radius 3 is 2.48 bits per heavy atom. The molecule has 0 radical (unpaired) electrons. The fraction of sp³-hybridized carbons (Fsp3) is 0.300. The van der Waals surface area contributed by atoms with E-state index in [4.69, 9.17) is 18.9 Å². The summed E-state index contributed by atoms with van der Waals surface area (Å²) in [6.45, 7) is 0.214. The highest BCUT2D eigenvalue weighted by molar-refractivity contribution is 5.81. The molecule has 2 aromatic carbocycles. The first-order valence-electron chi connectivity index (χ1n) is 8.43. The van der Waals surface area contributed by atoms with Crippen LogP contribution in [0, 0.1) is 0 Å². The third-order valence-electron chi connectivity index (χ3n) is 3.60. The van der Waals surface area contributed by atoms with Crippen LogP contribution in [0.25, 0.3) is 0 Å². The summed E-state index contributed by atoms with van der Waals surface area (Å²) in [7, 11) is 3.11. The minimum absolute atomic E-state index is 0.0708. The Kier molecular flexibility index (Phi) is 7.96. The van der Waals surface area contributed by atoms with Crippen molar-refractivity contribution in [2.45, 2.75) is 6.42 Å². The molecule has 7 nitrogen and oxygen atoms in total. The fourth-order valence-corrected chi connectivity index (χ4v) is 2.29. The van der Waals surface area contributed by atoms with Crippen LogP contribution in [-0.2, 0) is 20.7 Å². The molecule has 2 aromatic rings. The van der Waals surface area contributed by atoms with E-state index < -0.39 is 11.9 Å². The summed E-state index contributed by atoms with van der Waals surface area (Å²) in [6, 6.07) is 14.4. The van der Waals surface area contributed by atoms with E-state index in [1.165, 1.54) is 0 Å². The monoisotopic (exact) mass is 373 g/mol. The number of esters is 1. The van der Waals surface area contributed by atoms with Gasteiger partial charge in [-0.2, -0.15) is 0 Å². The van der Waals surface area contributed by atoms with Crippen molar-refractivity contribution in [2.75, 3.05) is 34.0 Å². The van der Waals surface area contributed by atoms with Gasteiger partial charge in [-0.25, -0.2) is 0 Å². The van der Waals surface area contributed by atoms with Gasteiger partial charge in [0.25, 0.3) is 5.91 Å². The Balaban J connectivity index is 1.64.